The van der Waals surface area contributed by atoms with Crippen LogP contribution in [-0.2, 0) is 12.6 Å². The summed E-state index contributed by atoms with van der Waals surface area (Å²) in [6.07, 6.45) is -1.22. The van der Waals surface area contributed by atoms with Crippen molar-refractivity contribution in [1.82, 2.24) is 10.3 Å². The number of alkyl halides is 3. The van der Waals surface area contributed by atoms with Crippen LogP contribution < -0.4 is 5.32 Å². The molecule has 2 heterocycles. The van der Waals surface area contributed by atoms with E-state index in [1.165, 1.54) is 17.4 Å². The van der Waals surface area contributed by atoms with Crippen molar-refractivity contribution in [3.05, 3.63) is 28.8 Å². The smallest absolute Gasteiger partial charge is 0.314 e. The molecule has 0 amide bonds. The van der Waals surface area contributed by atoms with E-state index in [2.05, 4.69) is 10.3 Å². The fourth-order valence-electron chi connectivity index (χ4n) is 2.38. The van der Waals surface area contributed by atoms with Crippen LogP contribution in [0, 0.1) is 0 Å². The molecule has 3 rings (SSSR count). The van der Waals surface area contributed by atoms with Gasteiger partial charge in [0.25, 0.3) is 0 Å². The lowest BCUT2D eigenvalue weighted by Gasteiger charge is -2.06. The Bertz CT molecular complexity index is 585. The Labute approximate surface area is 112 Å². The van der Waals surface area contributed by atoms with Gasteiger partial charge in [0, 0.05) is 12.5 Å². The molecular formula is C13H13F3N2S. The molecule has 1 aromatic heterocycles. The molecule has 0 unspecified atom stereocenters. The second-order valence-electron chi connectivity index (χ2n) is 4.79. The highest BCUT2D eigenvalue weighted by Gasteiger charge is 2.30. The highest BCUT2D eigenvalue weighted by molar-refractivity contribution is 7.18. The Balaban J connectivity index is 1.87. The summed E-state index contributed by atoms with van der Waals surface area (Å²) in [7, 11) is 0. The van der Waals surface area contributed by atoms with Crippen molar-refractivity contribution in [3.8, 4) is 0 Å². The predicted molar refractivity (Wildman–Crippen MR) is 69.4 cm³/mol. The average Bonchev–Trinajstić information content (AvgIpc) is 2.95. The molecule has 19 heavy (non-hydrogen) atoms. The van der Waals surface area contributed by atoms with Crippen LogP contribution in [0.25, 0.3) is 10.2 Å². The largest absolute Gasteiger partial charge is 0.416 e. The molecule has 6 heteroatoms. The van der Waals surface area contributed by atoms with Gasteiger partial charge >= 0.3 is 6.18 Å². The molecule has 1 aliphatic rings. The van der Waals surface area contributed by atoms with Crippen molar-refractivity contribution in [1.29, 1.82) is 0 Å². The molecular weight excluding hydrogens is 273 g/mol. The van der Waals surface area contributed by atoms with Crippen LogP contribution >= 0.6 is 11.3 Å². The molecule has 0 aliphatic carbocycles. The number of nitrogens with one attached hydrogen (secondary N) is 1. The van der Waals surface area contributed by atoms with E-state index in [0.717, 1.165) is 47.6 Å². The fraction of sp³-hybridized carbons (Fsp3) is 0.462. The molecule has 0 radical (unpaired) electrons. The number of rotatable bonds is 2. The van der Waals surface area contributed by atoms with Crippen molar-refractivity contribution >= 4 is 21.6 Å². The first-order valence-electron chi connectivity index (χ1n) is 6.22. The van der Waals surface area contributed by atoms with Crippen molar-refractivity contribution in [2.75, 3.05) is 6.54 Å². The lowest BCUT2D eigenvalue weighted by Crippen LogP contribution is -2.23. The van der Waals surface area contributed by atoms with Crippen molar-refractivity contribution in [2.45, 2.75) is 31.5 Å². The maximum atomic E-state index is 12.6. The first-order chi connectivity index (χ1) is 9.02. The zero-order valence-electron chi connectivity index (χ0n) is 10.1. The van der Waals surface area contributed by atoms with Gasteiger partial charge in [-0.3, -0.25) is 0 Å². The van der Waals surface area contributed by atoms with Crippen molar-refractivity contribution in [2.24, 2.45) is 0 Å². The van der Waals surface area contributed by atoms with Crippen molar-refractivity contribution in [3.63, 3.8) is 0 Å². The number of hydrogen-bond acceptors (Lipinski definition) is 3. The number of benzene rings is 1. The Morgan fingerprint density at radius 3 is 2.89 bits per heavy atom. The minimum atomic E-state index is -4.30. The average molecular weight is 286 g/mol. The fourth-order valence-corrected chi connectivity index (χ4v) is 3.41. The Hall–Kier alpha value is -1.14. The van der Waals surface area contributed by atoms with Crippen LogP contribution in [0.1, 0.15) is 23.4 Å². The summed E-state index contributed by atoms with van der Waals surface area (Å²) in [5.41, 5.74) is -0.177. The van der Waals surface area contributed by atoms with Crippen LogP contribution in [0.2, 0.25) is 0 Å². The van der Waals surface area contributed by atoms with Gasteiger partial charge in [-0.05, 0) is 37.6 Å². The van der Waals surface area contributed by atoms with Gasteiger partial charge in [0.15, 0.2) is 0 Å². The third kappa shape index (κ3) is 2.74. The SMILES string of the molecule is FC(F)(F)c1ccc2sc(C[C@H]3CCCN3)nc2c1. The normalized spacial score (nSPS) is 20.3. The van der Waals surface area contributed by atoms with E-state index in [4.69, 9.17) is 0 Å². The molecule has 1 aliphatic heterocycles. The van der Waals surface area contributed by atoms with E-state index in [0.29, 0.717) is 11.6 Å². The van der Waals surface area contributed by atoms with Gasteiger partial charge < -0.3 is 5.32 Å². The molecule has 0 saturated carbocycles. The number of thiazole rings is 1. The van der Waals surface area contributed by atoms with E-state index in [1.54, 1.807) is 0 Å². The molecule has 1 atom stereocenters. The molecule has 2 nitrogen and oxygen atoms in total. The standard InChI is InChI=1S/C13H13F3N2S/c14-13(15,16)8-3-4-11-10(6-8)18-12(19-11)7-9-2-1-5-17-9/h3-4,6,9,17H,1-2,5,7H2/t9-/m1/s1. The summed E-state index contributed by atoms with van der Waals surface area (Å²) in [6, 6.07) is 4.19. The second-order valence-corrected chi connectivity index (χ2v) is 5.90. The zero-order chi connectivity index (χ0) is 13.5. The van der Waals surface area contributed by atoms with Gasteiger partial charge in [0.1, 0.15) is 0 Å². The van der Waals surface area contributed by atoms with Crippen LogP contribution in [0.5, 0.6) is 0 Å². The van der Waals surface area contributed by atoms with Gasteiger partial charge in [-0.1, -0.05) is 0 Å². The number of fused-ring (bicyclic) bond motifs is 1. The van der Waals surface area contributed by atoms with Crippen LogP contribution in [0.15, 0.2) is 18.2 Å². The van der Waals surface area contributed by atoms with Crippen LogP contribution in [0.4, 0.5) is 13.2 Å². The second kappa shape index (κ2) is 4.76. The summed E-state index contributed by atoms with van der Waals surface area (Å²) in [5.74, 6) is 0. The summed E-state index contributed by atoms with van der Waals surface area (Å²) in [5, 5.41) is 4.28. The number of nitrogens with zero attached hydrogens (tertiary/aromatic N) is 1. The van der Waals surface area contributed by atoms with Gasteiger partial charge in [-0.2, -0.15) is 13.2 Å². The molecule has 2 aromatic rings. The Morgan fingerprint density at radius 1 is 1.37 bits per heavy atom. The van der Waals surface area contributed by atoms with E-state index < -0.39 is 11.7 Å². The molecule has 102 valence electrons. The van der Waals surface area contributed by atoms with Crippen molar-refractivity contribution < 1.29 is 13.2 Å². The molecule has 0 bridgehead atoms. The highest BCUT2D eigenvalue weighted by Crippen LogP contribution is 2.33. The summed E-state index contributed by atoms with van der Waals surface area (Å²) < 4.78 is 38.7. The van der Waals surface area contributed by atoms with E-state index in [9.17, 15) is 13.2 Å². The molecule has 1 N–H and O–H groups in total. The summed E-state index contributed by atoms with van der Waals surface area (Å²) in [6.45, 7) is 1.02. The highest BCUT2D eigenvalue weighted by atomic mass is 32.1. The van der Waals surface area contributed by atoms with E-state index >= 15 is 0 Å². The van der Waals surface area contributed by atoms with E-state index in [-0.39, 0.29) is 0 Å². The van der Waals surface area contributed by atoms with Crippen LogP contribution in [0.3, 0.4) is 0 Å². The lowest BCUT2D eigenvalue weighted by molar-refractivity contribution is -0.137. The minimum absolute atomic E-state index is 0.419. The van der Waals surface area contributed by atoms with Gasteiger partial charge in [-0.15, -0.1) is 11.3 Å². The van der Waals surface area contributed by atoms with E-state index in [1.807, 2.05) is 0 Å². The third-order valence-corrected chi connectivity index (χ3v) is 4.40. The lowest BCUT2D eigenvalue weighted by atomic mass is 10.2. The molecule has 1 saturated heterocycles. The Morgan fingerprint density at radius 2 is 2.21 bits per heavy atom. The maximum Gasteiger partial charge on any atom is 0.416 e. The zero-order valence-corrected chi connectivity index (χ0v) is 10.9. The quantitative estimate of drug-likeness (QED) is 0.912. The first kappa shape index (κ1) is 12.9. The van der Waals surface area contributed by atoms with Gasteiger partial charge in [0.05, 0.1) is 20.8 Å². The number of hydrogen-bond donors (Lipinski definition) is 1. The Kier molecular flexibility index (Phi) is 3.22. The third-order valence-electron chi connectivity index (χ3n) is 3.34. The van der Waals surface area contributed by atoms with Crippen LogP contribution in [-0.4, -0.2) is 17.6 Å². The van der Waals surface area contributed by atoms with Gasteiger partial charge in [-0.25, -0.2) is 4.98 Å². The monoisotopic (exact) mass is 286 g/mol. The summed E-state index contributed by atoms with van der Waals surface area (Å²) >= 11 is 1.48. The molecule has 1 fully saturated rings. The van der Waals surface area contributed by atoms with Gasteiger partial charge in [0.2, 0.25) is 0 Å². The maximum absolute atomic E-state index is 12.6. The molecule has 1 aromatic carbocycles. The minimum Gasteiger partial charge on any atom is -0.314 e. The topological polar surface area (TPSA) is 24.9 Å². The summed E-state index contributed by atoms with van der Waals surface area (Å²) in [4.78, 5) is 4.33. The molecule has 0 spiro atoms. The first-order valence-corrected chi connectivity index (χ1v) is 7.04. The number of halogens is 3. The predicted octanol–water partition coefficient (Wildman–Crippen LogP) is 3.61. The number of aromatic nitrogens is 1.